The van der Waals surface area contributed by atoms with Gasteiger partial charge in [0.25, 0.3) is 0 Å². The lowest BCUT2D eigenvalue weighted by Crippen LogP contribution is -2.45. The number of methoxy groups -OCH3 is 1. The first kappa shape index (κ1) is 24.1. The van der Waals surface area contributed by atoms with Gasteiger partial charge >= 0.3 is 5.97 Å². The predicted molar refractivity (Wildman–Crippen MR) is 129 cm³/mol. The molecule has 33 heavy (non-hydrogen) atoms. The van der Waals surface area contributed by atoms with Crippen LogP contribution in [0, 0.1) is 0 Å². The molecule has 0 radical (unpaired) electrons. The Balaban J connectivity index is 1.78. The van der Waals surface area contributed by atoms with Crippen LogP contribution in [-0.4, -0.2) is 53.4 Å². The molecular weight excluding hydrogens is 442 g/mol. The fourth-order valence-electron chi connectivity index (χ4n) is 3.04. The maximum Gasteiger partial charge on any atom is 0.338 e. The third-order valence-corrected chi connectivity index (χ3v) is 5.89. The second-order valence-corrected chi connectivity index (χ2v) is 8.15. The minimum Gasteiger partial charge on any atom is -0.497 e. The van der Waals surface area contributed by atoms with Gasteiger partial charge in [0, 0.05) is 18.7 Å². The van der Waals surface area contributed by atoms with Crippen molar-refractivity contribution in [2.24, 2.45) is 4.99 Å². The molecule has 0 aliphatic carbocycles. The fourth-order valence-corrected chi connectivity index (χ4v) is 4.15. The Morgan fingerprint density at radius 1 is 1.21 bits per heavy atom. The number of amidine groups is 1. The molecule has 0 spiro atoms. The van der Waals surface area contributed by atoms with Crippen molar-refractivity contribution in [1.82, 2.24) is 4.90 Å². The first-order valence-electron chi connectivity index (χ1n) is 10.3. The van der Waals surface area contributed by atoms with Gasteiger partial charge < -0.3 is 14.8 Å². The highest BCUT2D eigenvalue weighted by molar-refractivity contribution is 8.15. The van der Waals surface area contributed by atoms with E-state index in [0.717, 1.165) is 0 Å². The summed E-state index contributed by atoms with van der Waals surface area (Å²) >= 11 is 1.21. The Bertz CT molecular complexity index is 1050. The molecule has 0 unspecified atom stereocenters. The van der Waals surface area contributed by atoms with Crippen LogP contribution in [0.15, 0.2) is 66.2 Å². The lowest BCUT2D eigenvalue weighted by atomic mass is 10.2. The summed E-state index contributed by atoms with van der Waals surface area (Å²) in [5.41, 5.74) is 1.56. The standard InChI is InChI=1S/C24H25N3O5S/c1-4-14-27-21(28)15-20(22(29)25-17-10-12-19(31-3)13-11-17)33-24(27)26-18-8-6-16(7-9-18)23(30)32-5-2/h4,6-13,20H,1,5,14-15H2,2-3H3,(H,25,29)/t20-/m1/s1. The van der Waals surface area contributed by atoms with Crippen molar-refractivity contribution < 1.29 is 23.9 Å². The molecule has 2 aromatic rings. The average molecular weight is 468 g/mol. The van der Waals surface area contributed by atoms with Gasteiger partial charge in [-0.05, 0) is 55.5 Å². The number of esters is 1. The molecule has 1 aliphatic heterocycles. The number of ether oxygens (including phenoxy) is 2. The van der Waals surface area contributed by atoms with Crippen molar-refractivity contribution >= 4 is 46.1 Å². The van der Waals surface area contributed by atoms with Crippen molar-refractivity contribution in [3.05, 3.63) is 66.7 Å². The normalized spacial score (nSPS) is 16.9. The van der Waals surface area contributed by atoms with Gasteiger partial charge in [0.05, 0.1) is 25.0 Å². The van der Waals surface area contributed by atoms with Crippen molar-refractivity contribution in [1.29, 1.82) is 0 Å². The van der Waals surface area contributed by atoms with Gasteiger partial charge in [-0.15, -0.1) is 6.58 Å². The van der Waals surface area contributed by atoms with Crippen LogP contribution >= 0.6 is 11.8 Å². The summed E-state index contributed by atoms with van der Waals surface area (Å²) < 4.78 is 10.1. The zero-order valence-electron chi connectivity index (χ0n) is 18.4. The molecule has 1 aliphatic rings. The van der Waals surface area contributed by atoms with Gasteiger partial charge in [0.1, 0.15) is 11.0 Å². The highest BCUT2D eigenvalue weighted by Crippen LogP contribution is 2.30. The molecule has 0 bridgehead atoms. The maximum atomic E-state index is 12.9. The van der Waals surface area contributed by atoms with E-state index in [1.165, 1.54) is 16.7 Å². The molecule has 1 saturated heterocycles. The SMILES string of the molecule is C=CCN1C(=O)C[C@H](C(=O)Nc2ccc(OC)cc2)SC1=Nc1ccc(C(=O)OCC)cc1. The number of thioether (sulfide) groups is 1. The Labute approximate surface area is 196 Å². The van der Waals surface area contributed by atoms with Gasteiger partial charge in [-0.2, -0.15) is 0 Å². The minimum atomic E-state index is -0.641. The van der Waals surface area contributed by atoms with Crippen LogP contribution in [0.25, 0.3) is 0 Å². The summed E-state index contributed by atoms with van der Waals surface area (Å²) in [6.45, 7) is 6.01. The number of aliphatic imine (C=N–C) groups is 1. The first-order valence-corrected chi connectivity index (χ1v) is 11.2. The number of rotatable bonds is 8. The second kappa shape index (κ2) is 11.3. The smallest absolute Gasteiger partial charge is 0.338 e. The van der Waals surface area contributed by atoms with E-state index in [-0.39, 0.29) is 31.4 Å². The minimum absolute atomic E-state index is 0.0430. The van der Waals surface area contributed by atoms with Gasteiger partial charge in [-0.25, -0.2) is 9.79 Å². The largest absolute Gasteiger partial charge is 0.497 e. The Hall–Kier alpha value is -3.59. The molecule has 2 amide bonds. The van der Waals surface area contributed by atoms with E-state index in [2.05, 4.69) is 16.9 Å². The number of hydrogen-bond acceptors (Lipinski definition) is 7. The molecule has 9 heteroatoms. The molecule has 1 heterocycles. The van der Waals surface area contributed by atoms with Crippen LogP contribution in [-0.2, 0) is 14.3 Å². The topological polar surface area (TPSA) is 97.3 Å². The van der Waals surface area contributed by atoms with Crippen LogP contribution < -0.4 is 10.1 Å². The van der Waals surface area contributed by atoms with Gasteiger partial charge in [0.2, 0.25) is 11.8 Å². The summed E-state index contributed by atoms with van der Waals surface area (Å²) in [5.74, 6) is -0.242. The summed E-state index contributed by atoms with van der Waals surface area (Å²) in [6, 6.07) is 13.5. The first-order chi connectivity index (χ1) is 15.9. The van der Waals surface area contributed by atoms with Crippen LogP contribution in [0.1, 0.15) is 23.7 Å². The highest BCUT2D eigenvalue weighted by Gasteiger charge is 2.35. The second-order valence-electron chi connectivity index (χ2n) is 6.98. The van der Waals surface area contributed by atoms with Crippen LogP contribution in [0.4, 0.5) is 11.4 Å². The zero-order chi connectivity index (χ0) is 23.8. The van der Waals surface area contributed by atoms with E-state index in [1.807, 2.05) is 0 Å². The van der Waals surface area contributed by atoms with Crippen molar-refractivity contribution in [2.45, 2.75) is 18.6 Å². The molecule has 0 saturated carbocycles. The number of hydrogen-bond donors (Lipinski definition) is 1. The van der Waals surface area contributed by atoms with Crippen molar-refractivity contribution in [3.8, 4) is 5.75 Å². The fraction of sp³-hybridized carbons (Fsp3) is 0.250. The third kappa shape index (κ3) is 6.23. The van der Waals surface area contributed by atoms with Gasteiger partial charge in [-0.3, -0.25) is 14.5 Å². The third-order valence-electron chi connectivity index (χ3n) is 4.70. The molecule has 8 nitrogen and oxygen atoms in total. The van der Waals surface area contributed by atoms with E-state index in [0.29, 0.717) is 27.9 Å². The number of anilines is 1. The van der Waals surface area contributed by atoms with Gasteiger partial charge in [0.15, 0.2) is 5.17 Å². The van der Waals surface area contributed by atoms with E-state index in [9.17, 15) is 14.4 Å². The van der Waals surface area contributed by atoms with E-state index in [4.69, 9.17) is 9.47 Å². The number of nitrogens with one attached hydrogen (secondary N) is 1. The molecular formula is C24H25N3O5S. The molecule has 1 atom stereocenters. The monoisotopic (exact) mass is 467 g/mol. The summed E-state index contributed by atoms with van der Waals surface area (Å²) in [5, 5.41) is 2.59. The van der Waals surface area contributed by atoms with Crippen LogP contribution in [0.3, 0.4) is 0 Å². The molecule has 1 N–H and O–H groups in total. The van der Waals surface area contributed by atoms with Crippen molar-refractivity contribution in [3.63, 3.8) is 0 Å². The number of nitrogens with zero attached hydrogens (tertiary/aromatic N) is 2. The van der Waals surface area contributed by atoms with Crippen LogP contribution in [0.2, 0.25) is 0 Å². The van der Waals surface area contributed by atoms with Crippen molar-refractivity contribution in [2.75, 3.05) is 25.6 Å². The van der Waals surface area contributed by atoms with E-state index in [1.54, 1.807) is 68.6 Å². The Kier molecular flexibility index (Phi) is 8.26. The number of carbonyl (C=O) groups excluding carboxylic acids is 3. The highest BCUT2D eigenvalue weighted by atomic mass is 32.2. The number of benzene rings is 2. The average Bonchev–Trinajstić information content (AvgIpc) is 2.82. The molecule has 2 aromatic carbocycles. The Morgan fingerprint density at radius 2 is 1.91 bits per heavy atom. The Morgan fingerprint density at radius 3 is 2.52 bits per heavy atom. The zero-order valence-corrected chi connectivity index (χ0v) is 19.3. The summed E-state index contributed by atoms with van der Waals surface area (Å²) in [7, 11) is 1.57. The maximum absolute atomic E-state index is 12.9. The molecule has 1 fully saturated rings. The van der Waals surface area contributed by atoms with Crippen LogP contribution in [0.5, 0.6) is 5.75 Å². The number of amides is 2. The predicted octanol–water partition coefficient (Wildman–Crippen LogP) is 4.02. The lowest BCUT2D eigenvalue weighted by molar-refractivity contribution is -0.129. The summed E-state index contributed by atoms with van der Waals surface area (Å²) in [4.78, 5) is 43.5. The molecule has 3 rings (SSSR count). The van der Waals surface area contributed by atoms with E-state index >= 15 is 0 Å². The van der Waals surface area contributed by atoms with Gasteiger partial charge in [-0.1, -0.05) is 17.8 Å². The molecule has 0 aromatic heterocycles. The summed E-state index contributed by atoms with van der Waals surface area (Å²) in [6.07, 6.45) is 1.65. The lowest BCUT2D eigenvalue weighted by Gasteiger charge is -2.31. The molecule has 172 valence electrons. The quantitative estimate of drug-likeness (QED) is 0.465. The van der Waals surface area contributed by atoms with E-state index < -0.39 is 11.2 Å². The number of carbonyl (C=O) groups is 3.